The second-order valence-electron chi connectivity index (χ2n) is 4.17. The van der Waals surface area contributed by atoms with E-state index in [1.807, 2.05) is 0 Å². The van der Waals surface area contributed by atoms with Crippen molar-refractivity contribution in [3.63, 3.8) is 0 Å². The van der Waals surface area contributed by atoms with Gasteiger partial charge >= 0.3 is 0 Å². The van der Waals surface area contributed by atoms with Gasteiger partial charge in [0.05, 0.1) is 0 Å². The SMILES string of the molecule is CCCCNC(=O)C1NCSC1(C)C. The first-order valence-electron chi connectivity index (χ1n) is 5.23. The molecule has 1 saturated heterocycles. The van der Waals surface area contributed by atoms with Crippen molar-refractivity contribution in [3.8, 4) is 0 Å². The van der Waals surface area contributed by atoms with Crippen LogP contribution in [-0.4, -0.2) is 29.1 Å². The number of carbonyl (C=O) groups excluding carboxylic acids is 1. The summed E-state index contributed by atoms with van der Waals surface area (Å²) in [6.45, 7) is 7.15. The minimum Gasteiger partial charge on any atom is -0.355 e. The van der Waals surface area contributed by atoms with Gasteiger partial charge in [0, 0.05) is 17.2 Å². The monoisotopic (exact) mass is 216 g/mol. The predicted octanol–water partition coefficient (Wildman–Crippen LogP) is 1.34. The Morgan fingerprint density at radius 3 is 2.86 bits per heavy atom. The third kappa shape index (κ3) is 2.89. The molecular formula is C10H20N2OS. The number of carbonyl (C=O) groups is 1. The lowest BCUT2D eigenvalue weighted by molar-refractivity contribution is -0.123. The maximum Gasteiger partial charge on any atom is 0.238 e. The second kappa shape index (κ2) is 5.03. The van der Waals surface area contributed by atoms with Crippen molar-refractivity contribution in [1.82, 2.24) is 10.6 Å². The fourth-order valence-corrected chi connectivity index (χ4v) is 2.52. The third-order valence-corrected chi connectivity index (χ3v) is 3.81. The van der Waals surface area contributed by atoms with E-state index in [1.54, 1.807) is 11.8 Å². The van der Waals surface area contributed by atoms with Crippen molar-refractivity contribution >= 4 is 17.7 Å². The van der Waals surface area contributed by atoms with Crippen LogP contribution in [0.2, 0.25) is 0 Å². The van der Waals surface area contributed by atoms with Crippen LogP contribution in [0.25, 0.3) is 0 Å². The molecule has 1 rings (SSSR count). The summed E-state index contributed by atoms with van der Waals surface area (Å²) in [7, 11) is 0. The molecule has 3 nitrogen and oxygen atoms in total. The molecule has 1 aliphatic rings. The van der Waals surface area contributed by atoms with E-state index in [0.29, 0.717) is 0 Å². The Balaban J connectivity index is 2.36. The molecule has 1 amide bonds. The first-order chi connectivity index (χ1) is 6.58. The maximum absolute atomic E-state index is 11.7. The molecule has 1 heterocycles. The smallest absolute Gasteiger partial charge is 0.238 e. The largest absolute Gasteiger partial charge is 0.355 e. The molecule has 0 aromatic rings. The van der Waals surface area contributed by atoms with E-state index < -0.39 is 0 Å². The zero-order valence-electron chi connectivity index (χ0n) is 9.22. The van der Waals surface area contributed by atoms with Crippen LogP contribution >= 0.6 is 11.8 Å². The summed E-state index contributed by atoms with van der Waals surface area (Å²) < 4.78 is 0.0241. The van der Waals surface area contributed by atoms with Crippen molar-refractivity contribution in [2.45, 2.75) is 44.4 Å². The topological polar surface area (TPSA) is 41.1 Å². The third-order valence-electron chi connectivity index (χ3n) is 2.52. The summed E-state index contributed by atoms with van der Waals surface area (Å²) in [4.78, 5) is 11.7. The van der Waals surface area contributed by atoms with Crippen LogP contribution in [0.15, 0.2) is 0 Å². The number of rotatable bonds is 4. The van der Waals surface area contributed by atoms with Gasteiger partial charge in [-0.1, -0.05) is 13.3 Å². The highest BCUT2D eigenvalue weighted by Gasteiger charge is 2.39. The lowest BCUT2D eigenvalue weighted by atomic mass is 10.0. The minimum atomic E-state index is -0.0376. The normalized spacial score (nSPS) is 24.9. The van der Waals surface area contributed by atoms with Gasteiger partial charge in [-0.25, -0.2) is 0 Å². The fourth-order valence-electron chi connectivity index (χ4n) is 1.54. The van der Waals surface area contributed by atoms with Crippen molar-refractivity contribution in [3.05, 3.63) is 0 Å². The van der Waals surface area contributed by atoms with Crippen molar-refractivity contribution in [2.75, 3.05) is 12.4 Å². The number of hydrogen-bond donors (Lipinski definition) is 2. The van der Waals surface area contributed by atoms with Gasteiger partial charge in [0.2, 0.25) is 5.91 Å². The van der Waals surface area contributed by atoms with E-state index in [4.69, 9.17) is 0 Å². The van der Waals surface area contributed by atoms with E-state index >= 15 is 0 Å². The van der Waals surface area contributed by atoms with Gasteiger partial charge in [0.1, 0.15) is 6.04 Å². The van der Waals surface area contributed by atoms with Crippen LogP contribution < -0.4 is 10.6 Å². The number of unbranched alkanes of at least 4 members (excludes halogenated alkanes) is 1. The van der Waals surface area contributed by atoms with Gasteiger partial charge in [-0.15, -0.1) is 11.8 Å². The number of nitrogens with one attached hydrogen (secondary N) is 2. The number of hydrogen-bond acceptors (Lipinski definition) is 3. The Bertz CT molecular complexity index is 206. The van der Waals surface area contributed by atoms with Gasteiger partial charge in [-0.05, 0) is 20.3 Å². The van der Waals surface area contributed by atoms with Crippen LogP contribution in [0.4, 0.5) is 0 Å². The molecule has 0 saturated carbocycles. The molecule has 4 heteroatoms. The molecule has 1 fully saturated rings. The first kappa shape index (κ1) is 11.9. The second-order valence-corrected chi connectivity index (χ2v) is 5.80. The van der Waals surface area contributed by atoms with Gasteiger partial charge in [-0.2, -0.15) is 0 Å². The average Bonchev–Trinajstić information content (AvgIpc) is 2.45. The highest BCUT2D eigenvalue weighted by molar-refractivity contribution is 8.00. The molecule has 0 radical (unpaired) electrons. The van der Waals surface area contributed by atoms with E-state index in [2.05, 4.69) is 31.4 Å². The molecule has 1 unspecified atom stereocenters. The van der Waals surface area contributed by atoms with E-state index in [0.717, 1.165) is 25.3 Å². The Labute approximate surface area is 90.4 Å². The summed E-state index contributed by atoms with van der Waals surface area (Å²) in [6, 6.07) is -0.0376. The lowest BCUT2D eigenvalue weighted by Crippen LogP contribution is -2.49. The molecular weight excluding hydrogens is 196 g/mol. The number of thioether (sulfide) groups is 1. The van der Waals surface area contributed by atoms with Crippen LogP contribution in [0.5, 0.6) is 0 Å². The summed E-state index contributed by atoms with van der Waals surface area (Å²) in [5.74, 6) is 1.02. The molecule has 82 valence electrons. The van der Waals surface area contributed by atoms with E-state index in [9.17, 15) is 4.79 Å². The van der Waals surface area contributed by atoms with Crippen LogP contribution in [-0.2, 0) is 4.79 Å². The zero-order valence-corrected chi connectivity index (χ0v) is 10.0. The molecule has 14 heavy (non-hydrogen) atoms. The van der Waals surface area contributed by atoms with Crippen LogP contribution in [0, 0.1) is 0 Å². The van der Waals surface area contributed by atoms with Crippen LogP contribution in [0.3, 0.4) is 0 Å². The quantitative estimate of drug-likeness (QED) is 0.697. The highest BCUT2D eigenvalue weighted by atomic mass is 32.2. The Kier molecular flexibility index (Phi) is 4.26. The van der Waals surface area contributed by atoms with Gasteiger partial charge < -0.3 is 5.32 Å². The highest BCUT2D eigenvalue weighted by Crippen LogP contribution is 2.32. The predicted molar refractivity (Wildman–Crippen MR) is 61.4 cm³/mol. The minimum absolute atomic E-state index is 0.0241. The molecule has 1 atom stereocenters. The Morgan fingerprint density at radius 2 is 2.36 bits per heavy atom. The molecule has 2 N–H and O–H groups in total. The van der Waals surface area contributed by atoms with Gasteiger partial charge in [-0.3, -0.25) is 10.1 Å². The fraction of sp³-hybridized carbons (Fsp3) is 0.900. The average molecular weight is 216 g/mol. The van der Waals surface area contributed by atoms with Crippen molar-refractivity contribution in [1.29, 1.82) is 0 Å². The van der Waals surface area contributed by atoms with Crippen LogP contribution in [0.1, 0.15) is 33.6 Å². The van der Waals surface area contributed by atoms with E-state index in [1.165, 1.54) is 0 Å². The molecule has 0 aliphatic carbocycles. The van der Waals surface area contributed by atoms with Crippen molar-refractivity contribution in [2.24, 2.45) is 0 Å². The van der Waals surface area contributed by atoms with E-state index in [-0.39, 0.29) is 16.7 Å². The standard InChI is InChI=1S/C10H20N2OS/c1-4-5-6-11-9(13)8-10(2,3)14-7-12-8/h8,12H,4-7H2,1-3H3,(H,11,13). The Hall–Kier alpha value is -0.220. The summed E-state index contributed by atoms with van der Waals surface area (Å²) in [6.07, 6.45) is 2.18. The van der Waals surface area contributed by atoms with Gasteiger partial charge in [0.15, 0.2) is 0 Å². The zero-order chi connectivity index (χ0) is 10.6. The van der Waals surface area contributed by atoms with Gasteiger partial charge in [0.25, 0.3) is 0 Å². The molecule has 1 aliphatic heterocycles. The summed E-state index contributed by atoms with van der Waals surface area (Å²) in [5.41, 5.74) is 0. The molecule has 0 spiro atoms. The summed E-state index contributed by atoms with van der Waals surface area (Å²) in [5, 5.41) is 6.19. The molecule has 0 aromatic carbocycles. The molecule has 0 bridgehead atoms. The Morgan fingerprint density at radius 1 is 1.64 bits per heavy atom. The summed E-state index contributed by atoms with van der Waals surface area (Å²) >= 11 is 1.80. The number of amides is 1. The lowest BCUT2D eigenvalue weighted by Gasteiger charge is -2.24. The maximum atomic E-state index is 11.7. The van der Waals surface area contributed by atoms with Crippen molar-refractivity contribution < 1.29 is 4.79 Å². The molecule has 0 aromatic heterocycles. The first-order valence-corrected chi connectivity index (χ1v) is 6.21.